The van der Waals surface area contributed by atoms with E-state index in [1.165, 1.54) is 0 Å². The standard InChI is InChI=1S/C14H13BrN2O2S/c1-8-16-10-5-4-9(11(15)12(10)19-8)17-13(18)14(2)6-3-7-20-14/h3-5,7H,6H2,1-2H3,(H,17,18). The predicted octanol–water partition coefficient (Wildman–Crippen LogP) is 4.25. The lowest BCUT2D eigenvalue weighted by atomic mass is 10.1. The zero-order valence-corrected chi connectivity index (χ0v) is 13.5. The van der Waals surface area contributed by atoms with Crippen LogP contribution in [-0.2, 0) is 4.79 Å². The van der Waals surface area contributed by atoms with E-state index < -0.39 is 4.75 Å². The lowest BCUT2D eigenvalue weighted by molar-refractivity contribution is -0.117. The third-order valence-corrected chi connectivity index (χ3v) is 5.25. The number of halogens is 1. The SMILES string of the molecule is Cc1nc2ccc(NC(=O)C3(C)CC=CS3)c(Br)c2o1. The first-order chi connectivity index (χ1) is 9.49. The summed E-state index contributed by atoms with van der Waals surface area (Å²) in [7, 11) is 0. The molecule has 0 aliphatic carbocycles. The van der Waals surface area contributed by atoms with Crippen LogP contribution in [0.1, 0.15) is 19.2 Å². The molecule has 1 N–H and O–H groups in total. The second kappa shape index (κ2) is 4.93. The first kappa shape index (κ1) is 13.7. The highest BCUT2D eigenvalue weighted by Crippen LogP contribution is 2.38. The van der Waals surface area contributed by atoms with Crippen molar-refractivity contribution in [2.75, 3.05) is 5.32 Å². The molecule has 3 rings (SSSR count). The number of carbonyl (C=O) groups is 1. The van der Waals surface area contributed by atoms with Crippen LogP contribution < -0.4 is 5.32 Å². The fraction of sp³-hybridized carbons (Fsp3) is 0.286. The first-order valence-electron chi connectivity index (χ1n) is 6.19. The highest BCUT2D eigenvalue weighted by atomic mass is 79.9. The molecule has 0 fully saturated rings. The van der Waals surface area contributed by atoms with E-state index in [0.29, 0.717) is 17.2 Å². The summed E-state index contributed by atoms with van der Waals surface area (Å²) in [6.45, 7) is 3.74. The Morgan fingerprint density at radius 3 is 3.05 bits per heavy atom. The molecule has 2 aromatic rings. The Labute approximate surface area is 129 Å². The van der Waals surface area contributed by atoms with Crippen LogP contribution in [0.15, 0.2) is 32.5 Å². The molecule has 1 aromatic heterocycles. The molecule has 4 nitrogen and oxygen atoms in total. The summed E-state index contributed by atoms with van der Waals surface area (Å²) in [6.07, 6.45) is 2.76. The number of nitrogens with one attached hydrogen (secondary N) is 1. The Morgan fingerprint density at radius 2 is 2.35 bits per heavy atom. The average Bonchev–Trinajstić information content (AvgIpc) is 3.00. The normalized spacial score (nSPS) is 21.6. The topological polar surface area (TPSA) is 55.1 Å². The van der Waals surface area contributed by atoms with Crippen molar-refractivity contribution in [3.05, 3.63) is 34.0 Å². The van der Waals surface area contributed by atoms with E-state index >= 15 is 0 Å². The van der Waals surface area contributed by atoms with Gasteiger partial charge in [0, 0.05) is 6.92 Å². The molecule has 1 aliphatic rings. The number of hydrogen-bond acceptors (Lipinski definition) is 4. The number of nitrogens with zero attached hydrogens (tertiary/aromatic N) is 1. The van der Waals surface area contributed by atoms with Gasteiger partial charge in [0.25, 0.3) is 0 Å². The lowest BCUT2D eigenvalue weighted by Gasteiger charge is -2.21. The molecule has 1 unspecified atom stereocenters. The van der Waals surface area contributed by atoms with Gasteiger partial charge in [-0.3, -0.25) is 4.79 Å². The fourth-order valence-electron chi connectivity index (χ4n) is 2.09. The number of oxazole rings is 1. The Balaban J connectivity index is 1.91. The molecule has 2 heterocycles. The molecule has 1 amide bonds. The van der Waals surface area contributed by atoms with Crippen molar-refractivity contribution in [1.82, 2.24) is 4.98 Å². The van der Waals surface area contributed by atoms with Gasteiger partial charge in [0.2, 0.25) is 5.91 Å². The molecule has 0 saturated heterocycles. The van der Waals surface area contributed by atoms with E-state index in [9.17, 15) is 4.79 Å². The molecule has 0 bridgehead atoms. The molecule has 20 heavy (non-hydrogen) atoms. The summed E-state index contributed by atoms with van der Waals surface area (Å²) < 4.78 is 5.83. The van der Waals surface area contributed by atoms with Gasteiger partial charge in [-0.15, -0.1) is 11.8 Å². The van der Waals surface area contributed by atoms with Crippen LogP contribution in [0, 0.1) is 6.92 Å². The van der Waals surface area contributed by atoms with Gasteiger partial charge in [-0.2, -0.15) is 0 Å². The van der Waals surface area contributed by atoms with E-state index in [1.54, 1.807) is 18.7 Å². The largest absolute Gasteiger partial charge is 0.440 e. The quantitative estimate of drug-likeness (QED) is 0.877. The van der Waals surface area contributed by atoms with Crippen molar-refractivity contribution in [1.29, 1.82) is 0 Å². The second-order valence-electron chi connectivity index (χ2n) is 4.89. The number of hydrogen-bond donors (Lipinski definition) is 1. The van der Waals surface area contributed by atoms with Crippen LogP contribution in [-0.4, -0.2) is 15.6 Å². The molecule has 104 valence electrons. The van der Waals surface area contributed by atoms with Gasteiger partial charge >= 0.3 is 0 Å². The molecule has 1 aliphatic heterocycles. The maximum Gasteiger partial charge on any atom is 0.241 e. The van der Waals surface area contributed by atoms with E-state index in [0.717, 1.165) is 16.4 Å². The minimum Gasteiger partial charge on any atom is -0.440 e. The van der Waals surface area contributed by atoms with Gasteiger partial charge < -0.3 is 9.73 Å². The van der Waals surface area contributed by atoms with Crippen LogP contribution in [0.5, 0.6) is 0 Å². The third-order valence-electron chi connectivity index (χ3n) is 3.26. The highest BCUT2D eigenvalue weighted by molar-refractivity contribution is 9.10. The fourth-order valence-corrected chi connectivity index (χ4v) is 3.45. The number of thioether (sulfide) groups is 1. The lowest BCUT2D eigenvalue weighted by Crippen LogP contribution is -2.34. The van der Waals surface area contributed by atoms with Crippen molar-refractivity contribution >= 4 is 50.4 Å². The summed E-state index contributed by atoms with van der Waals surface area (Å²) in [6, 6.07) is 3.68. The number of amides is 1. The van der Waals surface area contributed by atoms with Gasteiger partial charge in [-0.1, -0.05) is 6.08 Å². The summed E-state index contributed by atoms with van der Waals surface area (Å²) in [5.41, 5.74) is 2.13. The minimum atomic E-state index is -0.439. The van der Waals surface area contributed by atoms with Crippen LogP contribution >= 0.6 is 27.7 Å². The van der Waals surface area contributed by atoms with E-state index in [2.05, 4.69) is 26.2 Å². The van der Waals surface area contributed by atoms with Gasteiger partial charge in [-0.05, 0) is 46.8 Å². The number of carbonyl (C=O) groups excluding carboxylic acids is 1. The van der Waals surface area contributed by atoms with Crippen LogP contribution in [0.4, 0.5) is 5.69 Å². The van der Waals surface area contributed by atoms with Crippen LogP contribution in [0.3, 0.4) is 0 Å². The highest BCUT2D eigenvalue weighted by Gasteiger charge is 2.35. The Hall–Kier alpha value is -1.27. The molecular formula is C14H13BrN2O2S. The van der Waals surface area contributed by atoms with E-state index in [-0.39, 0.29) is 5.91 Å². The van der Waals surface area contributed by atoms with Crippen molar-refractivity contribution in [2.45, 2.75) is 25.0 Å². The summed E-state index contributed by atoms with van der Waals surface area (Å²) in [5, 5.41) is 4.93. The molecular weight excluding hydrogens is 340 g/mol. The molecule has 0 spiro atoms. The zero-order valence-electron chi connectivity index (χ0n) is 11.1. The van der Waals surface area contributed by atoms with E-state index in [4.69, 9.17) is 4.42 Å². The van der Waals surface area contributed by atoms with Crippen molar-refractivity contribution in [3.63, 3.8) is 0 Å². The third kappa shape index (κ3) is 2.27. The van der Waals surface area contributed by atoms with Crippen molar-refractivity contribution in [2.24, 2.45) is 0 Å². The second-order valence-corrected chi connectivity index (χ2v) is 7.09. The summed E-state index contributed by atoms with van der Waals surface area (Å²) in [4.78, 5) is 16.7. The number of rotatable bonds is 2. The molecule has 1 aromatic carbocycles. The minimum absolute atomic E-state index is 0.0104. The monoisotopic (exact) mass is 352 g/mol. The number of aromatic nitrogens is 1. The number of aryl methyl sites for hydroxylation is 1. The maximum absolute atomic E-state index is 12.4. The van der Waals surface area contributed by atoms with Crippen molar-refractivity contribution < 1.29 is 9.21 Å². The number of anilines is 1. The Bertz CT molecular complexity index is 715. The molecule has 1 atom stereocenters. The first-order valence-corrected chi connectivity index (χ1v) is 7.87. The Kier molecular flexibility index (Phi) is 3.38. The number of allylic oxidation sites excluding steroid dienone is 1. The maximum atomic E-state index is 12.4. The van der Waals surface area contributed by atoms with E-state index in [1.807, 2.05) is 30.5 Å². The zero-order chi connectivity index (χ0) is 14.3. The molecule has 0 saturated carbocycles. The number of fused-ring (bicyclic) bond motifs is 1. The van der Waals surface area contributed by atoms with Crippen LogP contribution in [0.25, 0.3) is 11.1 Å². The number of benzene rings is 1. The predicted molar refractivity (Wildman–Crippen MR) is 84.8 cm³/mol. The van der Waals surface area contributed by atoms with Crippen molar-refractivity contribution in [3.8, 4) is 0 Å². The average molecular weight is 353 g/mol. The van der Waals surface area contributed by atoms with Gasteiger partial charge in [0.15, 0.2) is 11.5 Å². The van der Waals surface area contributed by atoms with Gasteiger partial charge in [-0.25, -0.2) is 4.98 Å². The molecule has 0 radical (unpaired) electrons. The molecule has 6 heteroatoms. The summed E-state index contributed by atoms with van der Waals surface area (Å²) >= 11 is 5.02. The van der Waals surface area contributed by atoms with Gasteiger partial charge in [0.05, 0.1) is 14.9 Å². The smallest absolute Gasteiger partial charge is 0.241 e. The van der Waals surface area contributed by atoms with Crippen LogP contribution in [0.2, 0.25) is 0 Å². The van der Waals surface area contributed by atoms with Gasteiger partial charge in [0.1, 0.15) is 5.52 Å². The Morgan fingerprint density at radius 1 is 1.55 bits per heavy atom. The summed E-state index contributed by atoms with van der Waals surface area (Å²) in [5.74, 6) is 0.593.